The van der Waals surface area contributed by atoms with Crippen LogP contribution in [0.5, 0.6) is 0 Å². The summed E-state index contributed by atoms with van der Waals surface area (Å²) in [5, 5.41) is 10.9. The lowest BCUT2D eigenvalue weighted by Crippen LogP contribution is -2.59. The zero-order chi connectivity index (χ0) is 46.5. The molecule has 1 aliphatic heterocycles. The average Bonchev–Trinajstić information content (AvgIpc) is 3.73. The lowest BCUT2D eigenvalue weighted by molar-refractivity contribution is -0.211. The first-order valence-electron chi connectivity index (χ1n) is 22.3. The van der Waals surface area contributed by atoms with Crippen molar-refractivity contribution in [2.75, 3.05) is 34.4 Å². The van der Waals surface area contributed by atoms with Gasteiger partial charge in [0, 0.05) is 92.0 Å². The largest absolute Gasteiger partial charge is 0.469 e. The molecule has 0 aromatic carbocycles. The van der Waals surface area contributed by atoms with Crippen molar-refractivity contribution < 1.29 is 43.2 Å². The van der Waals surface area contributed by atoms with Crippen molar-refractivity contribution >= 4 is 23.6 Å². The summed E-state index contributed by atoms with van der Waals surface area (Å²) in [5.74, 6) is -3.68. The van der Waals surface area contributed by atoms with E-state index in [1.165, 1.54) is 11.8 Å². The van der Waals surface area contributed by atoms with Gasteiger partial charge in [-0.05, 0) is 72.2 Å². The van der Waals surface area contributed by atoms with Gasteiger partial charge >= 0.3 is 12.1 Å². The molecule has 14 nitrogen and oxygen atoms in total. The van der Waals surface area contributed by atoms with Gasteiger partial charge in [-0.3, -0.25) is 19.4 Å². The molecule has 11 atom stereocenters. The molecular weight excluding hydrogens is 791 g/mol. The van der Waals surface area contributed by atoms with Crippen LogP contribution in [0.4, 0.5) is 4.79 Å². The van der Waals surface area contributed by atoms with Crippen LogP contribution in [-0.2, 0) is 39.9 Å². The van der Waals surface area contributed by atoms with Gasteiger partial charge in [-0.15, -0.1) is 6.58 Å². The van der Waals surface area contributed by atoms with E-state index in [2.05, 4.69) is 34.9 Å². The molecule has 0 saturated carbocycles. The summed E-state index contributed by atoms with van der Waals surface area (Å²) in [6, 6.07) is 3.08. The predicted octanol–water partition coefficient (Wildman–Crippen LogP) is 8.24. The van der Waals surface area contributed by atoms with Crippen LogP contribution < -0.4 is 0 Å². The van der Waals surface area contributed by atoms with Crippen molar-refractivity contribution in [2.45, 2.75) is 138 Å². The number of hydrogen-bond acceptors (Lipinski definition) is 11. The lowest BCUT2D eigenvalue weighted by atomic mass is 9.68. The molecule has 1 amide bonds. The number of hydrogen-bond donors (Lipinski definition) is 1. The number of methoxy groups -OCH3 is 1. The Bertz CT molecular complexity index is 1800. The van der Waals surface area contributed by atoms with Crippen LogP contribution in [0, 0.1) is 41.9 Å². The minimum absolute atomic E-state index is 0.000984. The van der Waals surface area contributed by atoms with E-state index in [1.807, 2.05) is 64.7 Å². The van der Waals surface area contributed by atoms with Gasteiger partial charge in [0.05, 0.1) is 29.9 Å². The number of unbranched alkanes of at least 4 members (excludes halogenated alkanes) is 1. The van der Waals surface area contributed by atoms with Crippen LogP contribution in [0.1, 0.15) is 99.6 Å². The van der Waals surface area contributed by atoms with Crippen molar-refractivity contribution in [3.8, 4) is 11.3 Å². The number of carboxylic acid groups (broad SMARTS) is 1. The molecule has 62 heavy (non-hydrogen) atoms. The van der Waals surface area contributed by atoms with Crippen LogP contribution in [0.25, 0.3) is 11.3 Å². The third-order valence-electron chi connectivity index (χ3n) is 13.0. The number of rotatable bonds is 26. The molecule has 6 unspecified atom stereocenters. The Labute approximate surface area is 370 Å². The maximum Gasteiger partial charge on any atom is 0.407 e. The Kier molecular flexibility index (Phi) is 20.0. The van der Waals surface area contributed by atoms with Crippen molar-refractivity contribution in [1.29, 1.82) is 0 Å². The molecule has 1 saturated heterocycles. The second-order valence-electron chi connectivity index (χ2n) is 17.7. The summed E-state index contributed by atoms with van der Waals surface area (Å²) >= 11 is 0. The Morgan fingerprint density at radius 3 is 2.32 bits per heavy atom. The SMILES string of the molecule is C=C[C@@](C)(C(CC)OC(=O)C(C)C(=O)C(C)[C@H](CC)OC1OC(=C)CC(N(C)C)[C@H]1C)C([C@@H](C)C(=O)[C@H](C)CCOC)N(CCCCn1cnc(-c2ccc(C)nc2)c1)C(=O)O. The fourth-order valence-electron chi connectivity index (χ4n) is 8.86. The molecule has 3 rings (SSSR count). The van der Waals surface area contributed by atoms with Crippen LogP contribution >= 0.6 is 0 Å². The minimum atomic E-state index is -1.25. The molecule has 2 aromatic rings. The number of ketones is 2. The van der Waals surface area contributed by atoms with E-state index in [9.17, 15) is 24.3 Å². The zero-order valence-corrected chi connectivity index (χ0v) is 39.5. The molecule has 2 aromatic heterocycles. The molecule has 1 aliphatic rings. The van der Waals surface area contributed by atoms with Crippen LogP contribution in [0.2, 0.25) is 0 Å². The summed E-state index contributed by atoms with van der Waals surface area (Å²) in [5.41, 5.74) is 1.36. The fourth-order valence-corrected chi connectivity index (χ4v) is 8.86. The maximum absolute atomic E-state index is 14.2. The number of carbonyl (C=O) groups is 4. The maximum atomic E-state index is 14.2. The molecule has 0 aliphatic carbocycles. The summed E-state index contributed by atoms with van der Waals surface area (Å²) in [7, 11) is 5.57. The van der Waals surface area contributed by atoms with Crippen molar-refractivity contribution in [1.82, 2.24) is 24.3 Å². The van der Waals surface area contributed by atoms with Gasteiger partial charge in [0.1, 0.15) is 17.8 Å². The van der Waals surface area contributed by atoms with E-state index >= 15 is 0 Å². The van der Waals surface area contributed by atoms with Gasteiger partial charge in [0.15, 0.2) is 5.78 Å². The highest BCUT2D eigenvalue weighted by molar-refractivity contribution is 6.00. The number of ether oxygens (including phenoxy) is 4. The smallest absolute Gasteiger partial charge is 0.407 e. The molecule has 0 spiro atoms. The second-order valence-corrected chi connectivity index (χ2v) is 17.7. The fraction of sp³-hybridized carbons (Fsp3) is 0.667. The van der Waals surface area contributed by atoms with E-state index in [0.717, 1.165) is 17.0 Å². The van der Waals surface area contributed by atoms with E-state index < -0.39 is 65.7 Å². The highest BCUT2D eigenvalue weighted by Gasteiger charge is 2.50. The van der Waals surface area contributed by atoms with E-state index in [-0.39, 0.29) is 36.5 Å². The lowest BCUT2D eigenvalue weighted by Gasteiger charge is -2.48. The highest BCUT2D eigenvalue weighted by atomic mass is 16.7. The van der Waals surface area contributed by atoms with Crippen molar-refractivity contribution in [3.05, 3.63) is 61.5 Å². The normalized spacial score (nSPS) is 21.0. The minimum Gasteiger partial charge on any atom is -0.469 e. The van der Waals surface area contributed by atoms with Gasteiger partial charge in [0.25, 0.3) is 0 Å². The van der Waals surface area contributed by atoms with Crippen molar-refractivity contribution in [3.63, 3.8) is 0 Å². The van der Waals surface area contributed by atoms with Gasteiger partial charge in [0.2, 0.25) is 6.29 Å². The third kappa shape index (κ3) is 13.1. The molecule has 1 N–H and O–H groups in total. The number of carbonyl (C=O) groups excluding carboxylic acids is 3. The number of amides is 1. The summed E-state index contributed by atoms with van der Waals surface area (Å²) in [6.45, 7) is 25.6. The first-order valence-corrected chi connectivity index (χ1v) is 22.3. The van der Waals surface area contributed by atoms with E-state index in [4.69, 9.17) is 18.9 Å². The predicted molar refractivity (Wildman–Crippen MR) is 240 cm³/mol. The van der Waals surface area contributed by atoms with Crippen LogP contribution in [-0.4, -0.2) is 118 Å². The zero-order valence-electron chi connectivity index (χ0n) is 39.5. The van der Waals surface area contributed by atoms with E-state index in [0.29, 0.717) is 51.0 Å². The van der Waals surface area contributed by atoms with Gasteiger partial charge in [-0.2, -0.15) is 0 Å². The Hall–Kier alpha value is -4.40. The third-order valence-corrected chi connectivity index (χ3v) is 13.0. The standard InChI is InChI=1S/C48H75N5O9/c1-15-40(61-46-33(7)39(51(12)13)26-32(6)60-46)34(8)43(55)36(10)45(56)62-41(16-2)48(11,17-3)44(35(9)42(54)30(4)22-25-59-14)53(47(57)58)24-19-18-23-52-28-38(50-29-52)37-21-20-31(5)49-27-37/h17,20-21,27-30,33-36,39-41,44,46H,3,6,15-16,18-19,22-26H2,1-2,4-5,7-14H3,(H,57,58)/t30-,33-,34?,35+,36?,39?,40+,41?,44?,46?,48+/m1/s1. The quantitative estimate of drug-likeness (QED) is 0.0418. The van der Waals surface area contributed by atoms with Crippen LogP contribution in [0.15, 0.2) is 55.8 Å². The number of Topliss-reactive ketones (excluding diaryl/α,β-unsaturated/α-hetero) is 2. The summed E-state index contributed by atoms with van der Waals surface area (Å²) in [4.78, 5) is 67.9. The summed E-state index contributed by atoms with van der Waals surface area (Å²) in [6.07, 6.45) is 6.78. The molecule has 3 heterocycles. The number of pyridine rings is 1. The highest BCUT2D eigenvalue weighted by Crippen LogP contribution is 2.41. The Morgan fingerprint density at radius 2 is 1.76 bits per heavy atom. The van der Waals surface area contributed by atoms with Gasteiger partial charge < -0.3 is 38.4 Å². The first-order chi connectivity index (χ1) is 29.2. The van der Waals surface area contributed by atoms with Gasteiger partial charge in [-0.25, -0.2) is 9.78 Å². The number of aryl methyl sites for hydroxylation is 2. The first kappa shape index (κ1) is 51.9. The monoisotopic (exact) mass is 866 g/mol. The Morgan fingerprint density at radius 1 is 1.06 bits per heavy atom. The second kappa shape index (κ2) is 23.9. The molecule has 0 radical (unpaired) electrons. The number of aromatic nitrogens is 3. The molecule has 14 heteroatoms. The number of esters is 1. The summed E-state index contributed by atoms with van der Waals surface area (Å²) < 4.78 is 25.9. The topological polar surface area (TPSA) is 163 Å². The van der Waals surface area contributed by atoms with E-state index in [1.54, 1.807) is 46.5 Å². The number of nitrogens with zero attached hydrogens (tertiary/aromatic N) is 5. The van der Waals surface area contributed by atoms with Gasteiger partial charge in [-0.1, -0.05) is 61.1 Å². The number of imidazole rings is 1. The average molecular weight is 866 g/mol. The molecule has 1 fully saturated rings. The van der Waals surface area contributed by atoms with Crippen LogP contribution in [0.3, 0.4) is 0 Å². The molecule has 346 valence electrons. The van der Waals surface area contributed by atoms with Crippen molar-refractivity contribution in [2.24, 2.45) is 35.0 Å². The Balaban J connectivity index is 1.85. The molecular formula is C48H75N5O9. The molecule has 0 bridgehead atoms.